The Balaban J connectivity index is -0.000000115. The van der Waals surface area contributed by atoms with E-state index >= 15 is 0 Å². The first-order valence-electron chi connectivity index (χ1n) is 10.8. The quantitative estimate of drug-likeness (QED) is 0.233. The maximum Gasteiger partial charge on any atom is 0.0639 e. The van der Waals surface area contributed by atoms with E-state index in [-0.39, 0.29) is 54.3 Å². The normalized spacial score (nSPS) is 8.13. The molecular formula is C28H47BOY-. The predicted molar refractivity (Wildman–Crippen MR) is 141 cm³/mol. The van der Waals surface area contributed by atoms with E-state index in [0.29, 0.717) is 0 Å². The van der Waals surface area contributed by atoms with E-state index in [9.17, 15) is 4.79 Å². The molecule has 2 aromatic rings. The number of allylic oxidation sites excluding steroid dienone is 2. The largest absolute Gasteiger partial charge is 0.317 e. The van der Waals surface area contributed by atoms with Crippen LogP contribution in [0.25, 0.3) is 5.57 Å². The van der Waals surface area contributed by atoms with E-state index in [2.05, 4.69) is 56.3 Å². The maximum atomic E-state index is 11.0. The minimum atomic E-state index is -0.0362. The summed E-state index contributed by atoms with van der Waals surface area (Å²) in [4.78, 5) is 11.0. The number of hydrogen-bond acceptors (Lipinski definition) is 1. The van der Waals surface area contributed by atoms with Gasteiger partial charge in [-0.3, -0.25) is 0 Å². The van der Waals surface area contributed by atoms with Crippen LogP contribution < -0.4 is 0 Å². The van der Waals surface area contributed by atoms with Gasteiger partial charge in [0.25, 0.3) is 0 Å². The van der Waals surface area contributed by atoms with Crippen LogP contribution in [0.2, 0.25) is 0 Å². The van der Waals surface area contributed by atoms with Crippen molar-refractivity contribution < 1.29 is 37.5 Å². The summed E-state index contributed by atoms with van der Waals surface area (Å²) in [5.41, 5.74) is 4.51. The summed E-state index contributed by atoms with van der Waals surface area (Å²) in [6.45, 7) is 19.7. The average molecular weight is 499 g/mol. The Bertz CT molecular complexity index is 605. The zero-order valence-corrected chi connectivity index (χ0v) is 24.0. The third kappa shape index (κ3) is 25.2. The van der Waals surface area contributed by atoms with Crippen LogP contribution in [0, 0.1) is 6.08 Å². The maximum absolute atomic E-state index is 11.0. The van der Waals surface area contributed by atoms with Gasteiger partial charge in [-0.1, -0.05) is 119 Å². The summed E-state index contributed by atoms with van der Waals surface area (Å²) < 4.78 is 0. The molecule has 3 heteroatoms. The first-order chi connectivity index (χ1) is 13.6. The number of hydrogen-bond donors (Lipinski definition) is 0. The van der Waals surface area contributed by atoms with Gasteiger partial charge in [0.1, 0.15) is 0 Å². The zero-order chi connectivity index (χ0) is 22.4. The van der Waals surface area contributed by atoms with Crippen LogP contribution in [0.15, 0.2) is 54.6 Å². The van der Waals surface area contributed by atoms with Crippen LogP contribution in [0.1, 0.15) is 99.8 Å². The molecule has 0 aliphatic rings. The number of ketones is 1. The van der Waals surface area contributed by atoms with Gasteiger partial charge in [0.2, 0.25) is 0 Å². The van der Waals surface area contributed by atoms with Crippen LogP contribution in [0.4, 0.5) is 0 Å². The minimum Gasteiger partial charge on any atom is -0.317 e. The number of rotatable bonds is 4. The van der Waals surface area contributed by atoms with Gasteiger partial charge in [0.15, 0.2) is 0 Å². The molecule has 2 rings (SSSR count). The molecule has 0 saturated heterocycles. The molecule has 0 aliphatic carbocycles. The molecule has 0 atom stereocenters. The molecular weight excluding hydrogens is 452 g/mol. The summed E-state index contributed by atoms with van der Waals surface area (Å²) in [5, 5.41) is 0. The third-order valence-corrected chi connectivity index (χ3v) is 3.00. The van der Waals surface area contributed by atoms with E-state index in [4.69, 9.17) is 0 Å². The van der Waals surface area contributed by atoms with E-state index in [1.807, 2.05) is 66.7 Å². The molecule has 0 aliphatic heterocycles. The number of benzene rings is 2. The fourth-order valence-electron chi connectivity index (χ4n) is 2.04. The van der Waals surface area contributed by atoms with Gasteiger partial charge in [-0.15, -0.1) is 12.1 Å². The molecule has 0 fully saturated rings. The topological polar surface area (TPSA) is 17.1 Å². The molecule has 0 bridgehead atoms. The molecule has 0 aromatic heterocycles. The van der Waals surface area contributed by atoms with Crippen molar-refractivity contribution in [3.8, 4) is 0 Å². The van der Waals surface area contributed by atoms with Crippen molar-refractivity contribution in [1.29, 1.82) is 0 Å². The second kappa shape index (κ2) is 33.7. The van der Waals surface area contributed by atoms with E-state index in [1.54, 1.807) is 0 Å². The molecule has 2 aromatic carbocycles. The summed E-state index contributed by atoms with van der Waals surface area (Å²) in [7, 11) is 0. The smallest absolute Gasteiger partial charge is 0.0639 e. The molecule has 172 valence electrons. The number of carbonyl (C=O) groups is 1. The van der Waals surface area contributed by atoms with Gasteiger partial charge in [-0.05, 0) is 24.5 Å². The van der Waals surface area contributed by atoms with Crippen LogP contribution in [0.3, 0.4) is 0 Å². The Hall–Kier alpha value is -0.981. The van der Waals surface area contributed by atoms with Gasteiger partial charge >= 0.3 is 0 Å². The molecule has 4 radical (unpaired) electrons. The van der Waals surface area contributed by atoms with Crippen molar-refractivity contribution >= 4 is 19.8 Å². The molecule has 0 spiro atoms. The van der Waals surface area contributed by atoms with Gasteiger partial charge in [0.05, 0.1) is 5.78 Å². The van der Waals surface area contributed by atoms with Crippen molar-refractivity contribution in [2.24, 2.45) is 0 Å². The molecule has 0 saturated carbocycles. The van der Waals surface area contributed by atoms with Crippen LogP contribution >= 0.6 is 0 Å². The summed E-state index contributed by atoms with van der Waals surface area (Å²) in [5.74, 6) is -0.0362. The van der Waals surface area contributed by atoms with Crippen molar-refractivity contribution in [3.63, 3.8) is 0 Å². The van der Waals surface area contributed by atoms with Crippen molar-refractivity contribution in [3.05, 3.63) is 77.4 Å². The van der Waals surface area contributed by atoms with Gasteiger partial charge in [-0.25, -0.2) is 11.6 Å². The minimum absolute atomic E-state index is 0. The second-order valence-corrected chi connectivity index (χ2v) is 5.37. The van der Waals surface area contributed by atoms with E-state index in [1.165, 1.54) is 24.5 Å². The van der Waals surface area contributed by atoms with E-state index < -0.39 is 0 Å². The fourth-order valence-corrected chi connectivity index (χ4v) is 2.04. The SMILES string of the molecule is C.CC.CC.CC.CC(=O)[C-]=C(C)c1ccc(Cc2ccccc2)cc1.CCC.[B].[Y]. The molecule has 0 heterocycles. The molecule has 0 unspecified atom stereocenters. The average Bonchev–Trinajstić information content (AvgIpc) is 2.74. The Kier molecular flexibility index (Phi) is 47.6. The fraction of sp³-hybridized carbons (Fsp3) is 0.464. The predicted octanol–water partition coefficient (Wildman–Crippen LogP) is 8.82. The van der Waals surface area contributed by atoms with Gasteiger partial charge in [0, 0.05) is 41.1 Å². The van der Waals surface area contributed by atoms with Crippen LogP contribution in [0.5, 0.6) is 0 Å². The molecule has 0 amide bonds. The van der Waals surface area contributed by atoms with Crippen molar-refractivity contribution in [2.45, 2.75) is 89.5 Å². The summed E-state index contributed by atoms with van der Waals surface area (Å²) >= 11 is 0. The summed E-state index contributed by atoms with van der Waals surface area (Å²) in [6.07, 6.45) is 4.99. The van der Waals surface area contributed by atoms with Crippen LogP contribution in [-0.2, 0) is 43.9 Å². The van der Waals surface area contributed by atoms with E-state index in [0.717, 1.165) is 17.6 Å². The first-order valence-corrected chi connectivity index (χ1v) is 10.8. The molecule has 31 heavy (non-hydrogen) atoms. The van der Waals surface area contributed by atoms with Gasteiger partial charge < -0.3 is 4.79 Å². The monoisotopic (exact) mass is 499 g/mol. The third-order valence-electron chi connectivity index (χ3n) is 3.00. The first kappa shape index (κ1) is 43.8. The molecule has 0 N–H and O–H groups in total. The Morgan fingerprint density at radius 3 is 1.45 bits per heavy atom. The standard InChI is InChI=1S/C18H17O.C3H8.3C2H6.CH4.B.Y/c1-14(12-15(2)19)18-10-8-17(9-11-18)13-16-6-4-3-5-7-16;1-3-2;3*1-2;;;/h3-11H,13H2,1-2H3;3H2,1-2H3;3*1-2H3;1H4;;/q-1;;;;;;;. The zero-order valence-electron chi connectivity index (χ0n) is 21.2. The number of Topliss-reactive ketones (excluding diaryl/α,β-unsaturated/α-hetero) is 1. The Labute approximate surface area is 223 Å². The van der Waals surface area contributed by atoms with Crippen molar-refractivity contribution in [2.75, 3.05) is 0 Å². The second-order valence-electron chi connectivity index (χ2n) is 5.37. The van der Waals surface area contributed by atoms with Crippen LogP contribution in [-0.4, -0.2) is 14.2 Å². The van der Waals surface area contributed by atoms with Gasteiger partial charge in [-0.2, -0.15) is 5.56 Å². The molecule has 1 nitrogen and oxygen atoms in total. The Morgan fingerprint density at radius 1 is 0.742 bits per heavy atom. The van der Waals surface area contributed by atoms with Crippen molar-refractivity contribution in [1.82, 2.24) is 0 Å². The number of carbonyl (C=O) groups excluding carboxylic acids is 1. The summed E-state index contributed by atoms with van der Waals surface area (Å²) in [6, 6.07) is 18.7. The Morgan fingerprint density at radius 2 is 1.10 bits per heavy atom.